The highest BCUT2D eigenvalue weighted by molar-refractivity contribution is 6.10. The number of ketones is 1. The van der Waals surface area contributed by atoms with Gasteiger partial charge in [-0.3, -0.25) is 9.59 Å². The lowest BCUT2D eigenvalue weighted by Gasteiger charge is -2.18. The van der Waals surface area contributed by atoms with Crippen LogP contribution in [-0.4, -0.2) is 21.5 Å². The molecule has 1 amide bonds. The van der Waals surface area contributed by atoms with Gasteiger partial charge in [-0.1, -0.05) is 48.5 Å². The van der Waals surface area contributed by atoms with Crippen LogP contribution in [0.4, 0.5) is 0 Å². The molecule has 0 aliphatic heterocycles. The summed E-state index contributed by atoms with van der Waals surface area (Å²) in [6, 6.07) is 19.4. The summed E-state index contributed by atoms with van der Waals surface area (Å²) < 4.78 is 1.79. The van der Waals surface area contributed by atoms with Crippen molar-refractivity contribution in [3.05, 3.63) is 89.8 Å². The molecule has 0 fully saturated rings. The summed E-state index contributed by atoms with van der Waals surface area (Å²) in [6.07, 6.45) is 4.88. The SMILES string of the molecule is CC(NC(=O)CC1=C(c2ccccc2)CCC1=O)c1ccccc1-n1cccn1. The molecule has 146 valence electrons. The first-order chi connectivity index (χ1) is 14.1. The van der Waals surface area contributed by atoms with E-state index in [0.29, 0.717) is 18.4 Å². The number of carbonyl (C=O) groups excluding carboxylic acids is 2. The van der Waals surface area contributed by atoms with Crippen molar-refractivity contribution in [3.63, 3.8) is 0 Å². The van der Waals surface area contributed by atoms with E-state index in [1.807, 2.05) is 73.8 Å². The molecule has 5 nitrogen and oxygen atoms in total. The van der Waals surface area contributed by atoms with Crippen LogP contribution in [0.2, 0.25) is 0 Å². The summed E-state index contributed by atoms with van der Waals surface area (Å²) in [5.74, 6) is -0.0740. The van der Waals surface area contributed by atoms with Crippen LogP contribution >= 0.6 is 0 Å². The predicted molar refractivity (Wildman–Crippen MR) is 112 cm³/mol. The van der Waals surface area contributed by atoms with Crippen LogP contribution in [0.5, 0.6) is 0 Å². The fourth-order valence-electron chi connectivity index (χ4n) is 3.88. The quantitative estimate of drug-likeness (QED) is 0.690. The average Bonchev–Trinajstić information content (AvgIpc) is 3.39. The minimum Gasteiger partial charge on any atom is -0.349 e. The molecular weight excluding hydrogens is 362 g/mol. The third-order valence-electron chi connectivity index (χ3n) is 5.29. The molecule has 3 aromatic rings. The second kappa shape index (κ2) is 8.27. The fourth-order valence-corrected chi connectivity index (χ4v) is 3.88. The Kier molecular flexibility index (Phi) is 5.38. The molecule has 0 spiro atoms. The van der Waals surface area contributed by atoms with Crippen LogP contribution < -0.4 is 5.32 Å². The lowest BCUT2D eigenvalue weighted by atomic mass is 9.99. The summed E-state index contributed by atoms with van der Waals surface area (Å²) in [6.45, 7) is 1.95. The maximum Gasteiger partial charge on any atom is 0.225 e. The van der Waals surface area contributed by atoms with Gasteiger partial charge in [-0.15, -0.1) is 0 Å². The summed E-state index contributed by atoms with van der Waals surface area (Å²) in [5, 5.41) is 7.35. The zero-order chi connectivity index (χ0) is 20.2. The van der Waals surface area contributed by atoms with Gasteiger partial charge in [-0.25, -0.2) is 4.68 Å². The molecule has 29 heavy (non-hydrogen) atoms. The number of hydrogen-bond acceptors (Lipinski definition) is 3. The van der Waals surface area contributed by atoms with Gasteiger partial charge in [0, 0.05) is 24.4 Å². The van der Waals surface area contributed by atoms with Gasteiger partial charge in [-0.2, -0.15) is 5.10 Å². The standard InChI is InChI=1S/C24H23N3O2/c1-17(19-10-5-6-11-22(19)27-15-7-14-25-27)26-24(29)16-21-20(12-13-23(21)28)18-8-3-2-4-9-18/h2-11,14-15,17H,12-13,16H2,1H3,(H,26,29). The highest BCUT2D eigenvalue weighted by Crippen LogP contribution is 2.33. The van der Waals surface area contributed by atoms with E-state index in [-0.39, 0.29) is 24.2 Å². The number of allylic oxidation sites excluding steroid dienone is 1. The van der Waals surface area contributed by atoms with E-state index in [9.17, 15) is 9.59 Å². The highest BCUT2D eigenvalue weighted by Gasteiger charge is 2.26. The van der Waals surface area contributed by atoms with Crippen LogP contribution in [0.1, 0.15) is 43.4 Å². The first-order valence-electron chi connectivity index (χ1n) is 9.82. The van der Waals surface area contributed by atoms with Crippen molar-refractivity contribution >= 4 is 17.3 Å². The zero-order valence-corrected chi connectivity index (χ0v) is 16.3. The van der Waals surface area contributed by atoms with Gasteiger partial charge in [0.05, 0.1) is 18.2 Å². The number of Topliss-reactive ketones (excluding diaryl/α,β-unsaturated/α-hetero) is 1. The van der Waals surface area contributed by atoms with Crippen molar-refractivity contribution in [3.8, 4) is 5.69 Å². The van der Waals surface area contributed by atoms with Crippen molar-refractivity contribution in [2.24, 2.45) is 0 Å². The number of benzene rings is 2. The number of aromatic nitrogens is 2. The van der Waals surface area contributed by atoms with E-state index in [1.165, 1.54) is 0 Å². The van der Waals surface area contributed by atoms with Gasteiger partial charge in [-0.05, 0) is 42.2 Å². The molecule has 0 bridgehead atoms. The number of rotatable bonds is 6. The van der Waals surface area contributed by atoms with Gasteiger partial charge in [0.15, 0.2) is 5.78 Å². The highest BCUT2D eigenvalue weighted by atomic mass is 16.2. The summed E-state index contributed by atoms with van der Waals surface area (Å²) in [4.78, 5) is 25.2. The van der Waals surface area contributed by atoms with Crippen LogP contribution in [-0.2, 0) is 9.59 Å². The number of hydrogen-bond donors (Lipinski definition) is 1. The van der Waals surface area contributed by atoms with Gasteiger partial charge >= 0.3 is 0 Å². The first kappa shape index (κ1) is 18.9. The molecule has 0 saturated heterocycles. The Balaban J connectivity index is 1.52. The van der Waals surface area contributed by atoms with E-state index in [1.54, 1.807) is 10.9 Å². The van der Waals surface area contributed by atoms with Gasteiger partial charge in [0.25, 0.3) is 0 Å². The van der Waals surface area contributed by atoms with E-state index < -0.39 is 0 Å². The second-order valence-corrected chi connectivity index (χ2v) is 7.22. The molecule has 0 saturated carbocycles. The number of nitrogens with one attached hydrogen (secondary N) is 1. The largest absolute Gasteiger partial charge is 0.349 e. The van der Waals surface area contributed by atoms with Gasteiger partial charge in [0.1, 0.15) is 0 Å². The molecule has 1 unspecified atom stereocenters. The Morgan fingerprint density at radius 3 is 2.59 bits per heavy atom. The molecule has 1 heterocycles. The normalized spacial score (nSPS) is 14.9. The minimum atomic E-state index is -0.208. The molecule has 1 N–H and O–H groups in total. The lowest BCUT2D eigenvalue weighted by Crippen LogP contribution is -2.28. The number of carbonyl (C=O) groups is 2. The topological polar surface area (TPSA) is 64.0 Å². The van der Waals surface area contributed by atoms with Gasteiger partial charge < -0.3 is 5.32 Å². The van der Waals surface area contributed by atoms with Crippen molar-refractivity contribution in [2.45, 2.75) is 32.2 Å². The van der Waals surface area contributed by atoms with Gasteiger partial charge in [0.2, 0.25) is 5.91 Å². The summed E-state index contributed by atoms with van der Waals surface area (Å²) >= 11 is 0. The van der Waals surface area contributed by atoms with Crippen LogP contribution in [0.3, 0.4) is 0 Å². The van der Waals surface area contributed by atoms with Crippen molar-refractivity contribution in [1.82, 2.24) is 15.1 Å². The third-order valence-corrected chi connectivity index (χ3v) is 5.29. The smallest absolute Gasteiger partial charge is 0.225 e. The molecule has 2 aromatic carbocycles. The Morgan fingerprint density at radius 2 is 1.83 bits per heavy atom. The van der Waals surface area contributed by atoms with Crippen molar-refractivity contribution in [2.75, 3.05) is 0 Å². The maximum absolute atomic E-state index is 12.8. The Hall–Kier alpha value is -3.47. The number of para-hydroxylation sites is 1. The second-order valence-electron chi connectivity index (χ2n) is 7.22. The van der Waals surface area contributed by atoms with Crippen LogP contribution in [0.25, 0.3) is 11.3 Å². The molecule has 5 heteroatoms. The molecule has 1 aliphatic rings. The molecule has 4 rings (SSSR count). The monoisotopic (exact) mass is 385 g/mol. The van der Waals surface area contributed by atoms with Crippen LogP contribution in [0, 0.1) is 0 Å². The molecular formula is C24H23N3O2. The molecule has 1 aromatic heterocycles. The van der Waals surface area contributed by atoms with E-state index in [0.717, 1.165) is 22.4 Å². The summed E-state index contributed by atoms with van der Waals surface area (Å²) in [7, 11) is 0. The third kappa shape index (κ3) is 4.04. The zero-order valence-electron chi connectivity index (χ0n) is 16.3. The van der Waals surface area contributed by atoms with Crippen molar-refractivity contribution < 1.29 is 9.59 Å². The molecule has 0 radical (unpaired) electrons. The predicted octanol–water partition coefficient (Wildman–Crippen LogP) is 4.26. The number of nitrogens with zero attached hydrogens (tertiary/aromatic N) is 2. The first-order valence-corrected chi connectivity index (χ1v) is 9.82. The number of amides is 1. The van der Waals surface area contributed by atoms with E-state index in [4.69, 9.17) is 0 Å². The average molecular weight is 385 g/mol. The van der Waals surface area contributed by atoms with Crippen molar-refractivity contribution in [1.29, 1.82) is 0 Å². The minimum absolute atomic E-state index is 0.0728. The fraction of sp³-hybridized carbons (Fsp3) is 0.208. The Morgan fingerprint density at radius 1 is 1.07 bits per heavy atom. The molecule has 1 atom stereocenters. The van der Waals surface area contributed by atoms with Crippen LogP contribution in [0.15, 0.2) is 78.6 Å². The van der Waals surface area contributed by atoms with E-state index in [2.05, 4.69) is 10.4 Å². The Bertz CT molecular complexity index is 1050. The Labute approximate surface area is 170 Å². The lowest BCUT2D eigenvalue weighted by molar-refractivity contribution is -0.122. The van der Waals surface area contributed by atoms with E-state index >= 15 is 0 Å². The summed E-state index contributed by atoms with van der Waals surface area (Å²) in [5.41, 5.74) is 4.56. The maximum atomic E-state index is 12.8. The molecule has 1 aliphatic carbocycles.